The molecule has 0 saturated heterocycles. The molecule has 0 aromatic heterocycles. The Hall–Kier alpha value is -2.06. The van der Waals surface area contributed by atoms with E-state index in [2.05, 4.69) is 6.07 Å². The third-order valence-corrected chi connectivity index (χ3v) is 2.91. The summed E-state index contributed by atoms with van der Waals surface area (Å²) in [5.41, 5.74) is 1.46. The van der Waals surface area contributed by atoms with Gasteiger partial charge in [0.15, 0.2) is 0 Å². The second kappa shape index (κ2) is 8.18. The van der Waals surface area contributed by atoms with Gasteiger partial charge in [0.2, 0.25) is 0 Å². The first-order valence-corrected chi connectivity index (χ1v) is 6.59. The molecule has 0 N–H and O–H groups in total. The van der Waals surface area contributed by atoms with E-state index in [1.54, 1.807) is 32.2 Å². The second-order valence-electron chi connectivity index (χ2n) is 4.25. The summed E-state index contributed by atoms with van der Waals surface area (Å²) in [7, 11) is 1.59. The van der Waals surface area contributed by atoms with Gasteiger partial charge in [0, 0.05) is 12.1 Å². The number of carbonyl (C=O) groups is 1. The molecule has 0 radical (unpaired) electrons. The number of carbonyl (C=O) groups excluding carboxylic acids is 1. The first-order valence-electron chi connectivity index (χ1n) is 6.59. The van der Waals surface area contributed by atoms with Gasteiger partial charge >= 0.3 is 5.97 Å². The zero-order valence-electron chi connectivity index (χ0n) is 12.2. The number of benzene rings is 1. The van der Waals surface area contributed by atoms with Crippen LogP contribution in [0.15, 0.2) is 18.2 Å². The number of methoxy groups -OCH3 is 1. The van der Waals surface area contributed by atoms with Crippen molar-refractivity contribution < 1.29 is 14.3 Å². The molecule has 0 amide bonds. The summed E-state index contributed by atoms with van der Waals surface area (Å²) < 4.78 is 10.2. The van der Waals surface area contributed by atoms with Crippen LogP contribution in [0.3, 0.4) is 0 Å². The van der Waals surface area contributed by atoms with Crippen LogP contribution in [-0.4, -0.2) is 37.7 Å². The van der Waals surface area contributed by atoms with Gasteiger partial charge in [0.25, 0.3) is 0 Å². The maximum absolute atomic E-state index is 11.5. The predicted molar refractivity (Wildman–Crippen MR) is 75.3 cm³/mol. The van der Waals surface area contributed by atoms with E-state index in [1.807, 2.05) is 11.8 Å². The van der Waals surface area contributed by atoms with Crippen LogP contribution in [0.1, 0.15) is 25.0 Å². The maximum atomic E-state index is 11.5. The van der Waals surface area contributed by atoms with Gasteiger partial charge in [-0.3, -0.25) is 9.69 Å². The number of ether oxygens (including phenoxy) is 2. The molecule has 0 aliphatic carbocycles. The maximum Gasteiger partial charge on any atom is 0.320 e. The standard InChI is InChI=1S/C15H20N2O3/c1-4-17(11-15(18)20-5-2)10-13-8-12(9-16)6-7-14(13)19-3/h6-8H,4-5,10-11H2,1-3H3. The van der Waals surface area contributed by atoms with Gasteiger partial charge in [0.05, 0.1) is 31.9 Å². The number of esters is 1. The molecule has 5 heteroatoms. The highest BCUT2D eigenvalue weighted by molar-refractivity contribution is 5.71. The molecule has 1 rings (SSSR count). The Kier molecular flexibility index (Phi) is 6.54. The van der Waals surface area contributed by atoms with Gasteiger partial charge in [-0.15, -0.1) is 0 Å². The molecule has 1 aromatic rings. The third kappa shape index (κ3) is 4.56. The van der Waals surface area contributed by atoms with Crippen LogP contribution in [-0.2, 0) is 16.1 Å². The number of nitrogens with zero attached hydrogens (tertiary/aromatic N) is 2. The van der Waals surface area contributed by atoms with E-state index in [1.165, 1.54) is 0 Å². The van der Waals surface area contributed by atoms with E-state index < -0.39 is 0 Å². The summed E-state index contributed by atoms with van der Waals surface area (Å²) >= 11 is 0. The highest BCUT2D eigenvalue weighted by Crippen LogP contribution is 2.21. The van der Waals surface area contributed by atoms with E-state index in [4.69, 9.17) is 14.7 Å². The van der Waals surface area contributed by atoms with Crippen molar-refractivity contribution in [1.82, 2.24) is 4.90 Å². The van der Waals surface area contributed by atoms with E-state index >= 15 is 0 Å². The van der Waals surface area contributed by atoms with Gasteiger partial charge in [-0.2, -0.15) is 5.26 Å². The molecule has 0 spiro atoms. The first kappa shape index (κ1) is 16.0. The first-order chi connectivity index (χ1) is 9.64. The van der Waals surface area contributed by atoms with Crippen LogP contribution in [0.4, 0.5) is 0 Å². The second-order valence-corrected chi connectivity index (χ2v) is 4.25. The molecule has 0 unspecified atom stereocenters. The van der Waals surface area contributed by atoms with E-state index in [0.29, 0.717) is 31.0 Å². The minimum atomic E-state index is -0.246. The quantitative estimate of drug-likeness (QED) is 0.712. The topological polar surface area (TPSA) is 62.6 Å². The van der Waals surface area contributed by atoms with Crippen molar-refractivity contribution in [3.8, 4) is 11.8 Å². The van der Waals surface area contributed by atoms with Gasteiger partial charge in [-0.05, 0) is 31.7 Å². The lowest BCUT2D eigenvalue weighted by Crippen LogP contribution is -2.30. The Morgan fingerprint density at radius 3 is 2.70 bits per heavy atom. The molecule has 0 heterocycles. The third-order valence-electron chi connectivity index (χ3n) is 2.91. The van der Waals surface area contributed by atoms with Crippen molar-refractivity contribution in [1.29, 1.82) is 5.26 Å². The van der Waals surface area contributed by atoms with E-state index in [-0.39, 0.29) is 12.5 Å². The number of likely N-dealkylation sites (N-methyl/N-ethyl adjacent to an activating group) is 1. The van der Waals surface area contributed by atoms with Crippen molar-refractivity contribution in [3.63, 3.8) is 0 Å². The summed E-state index contributed by atoms with van der Waals surface area (Å²) in [4.78, 5) is 13.5. The Bertz CT molecular complexity index is 494. The molecule has 0 aliphatic rings. The summed E-state index contributed by atoms with van der Waals surface area (Å²) in [6.45, 7) is 5.61. The lowest BCUT2D eigenvalue weighted by Gasteiger charge is -2.20. The van der Waals surface area contributed by atoms with Crippen molar-refractivity contribution in [3.05, 3.63) is 29.3 Å². The molecule has 0 bridgehead atoms. The lowest BCUT2D eigenvalue weighted by molar-refractivity contribution is -0.144. The Balaban J connectivity index is 2.83. The predicted octanol–water partition coefficient (Wildman–Crippen LogP) is 1.95. The fourth-order valence-corrected chi connectivity index (χ4v) is 1.88. The largest absolute Gasteiger partial charge is 0.496 e. The Labute approximate surface area is 119 Å². The average Bonchev–Trinajstić information content (AvgIpc) is 2.46. The van der Waals surface area contributed by atoms with Gasteiger partial charge in [-0.1, -0.05) is 6.92 Å². The number of rotatable bonds is 7. The SMILES string of the molecule is CCOC(=O)CN(CC)Cc1cc(C#N)ccc1OC. The van der Waals surface area contributed by atoms with Crippen LogP contribution < -0.4 is 4.74 Å². The minimum absolute atomic E-state index is 0.226. The molecule has 0 saturated carbocycles. The van der Waals surface area contributed by atoms with Crippen LogP contribution >= 0.6 is 0 Å². The monoisotopic (exact) mass is 276 g/mol. The molecule has 0 fully saturated rings. The molecular weight excluding hydrogens is 256 g/mol. The van der Waals surface area contributed by atoms with Gasteiger partial charge < -0.3 is 9.47 Å². The molecule has 20 heavy (non-hydrogen) atoms. The molecule has 1 aromatic carbocycles. The van der Waals surface area contributed by atoms with Crippen molar-refractivity contribution >= 4 is 5.97 Å². The fraction of sp³-hybridized carbons (Fsp3) is 0.467. The zero-order chi connectivity index (χ0) is 15.0. The lowest BCUT2D eigenvalue weighted by atomic mass is 10.1. The summed E-state index contributed by atoms with van der Waals surface area (Å²) in [6, 6.07) is 7.37. The summed E-state index contributed by atoms with van der Waals surface area (Å²) in [6.07, 6.45) is 0. The summed E-state index contributed by atoms with van der Waals surface area (Å²) in [5.74, 6) is 0.469. The Morgan fingerprint density at radius 1 is 1.40 bits per heavy atom. The highest BCUT2D eigenvalue weighted by Gasteiger charge is 2.13. The number of hydrogen-bond acceptors (Lipinski definition) is 5. The molecule has 108 valence electrons. The Morgan fingerprint density at radius 2 is 2.15 bits per heavy atom. The van der Waals surface area contributed by atoms with Crippen molar-refractivity contribution in [2.75, 3.05) is 26.8 Å². The molecule has 0 aliphatic heterocycles. The molecular formula is C15H20N2O3. The van der Waals surface area contributed by atoms with Crippen molar-refractivity contribution in [2.24, 2.45) is 0 Å². The van der Waals surface area contributed by atoms with Crippen molar-refractivity contribution in [2.45, 2.75) is 20.4 Å². The van der Waals surface area contributed by atoms with Crippen LogP contribution in [0.25, 0.3) is 0 Å². The number of hydrogen-bond donors (Lipinski definition) is 0. The normalized spacial score (nSPS) is 10.2. The van der Waals surface area contributed by atoms with Crippen LogP contribution in [0, 0.1) is 11.3 Å². The highest BCUT2D eigenvalue weighted by atomic mass is 16.5. The van der Waals surface area contributed by atoms with Gasteiger partial charge in [-0.25, -0.2) is 0 Å². The average molecular weight is 276 g/mol. The van der Waals surface area contributed by atoms with Crippen LogP contribution in [0.2, 0.25) is 0 Å². The zero-order valence-corrected chi connectivity index (χ0v) is 12.2. The van der Waals surface area contributed by atoms with Crippen LogP contribution in [0.5, 0.6) is 5.75 Å². The fourth-order valence-electron chi connectivity index (χ4n) is 1.88. The minimum Gasteiger partial charge on any atom is -0.496 e. The molecule has 0 atom stereocenters. The van der Waals surface area contributed by atoms with E-state index in [0.717, 1.165) is 5.56 Å². The summed E-state index contributed by atoms with van der Waals surface area (Å²) in [5, 5.41) is 8.95. The molecule has 5 nitrogen and oxygen atoms in total. The van der Waals surface area contributed by atoms with E-state index in [9.17, 15) is 4.79 Å². The van der Waals surface area contributed by atoms with Gasteiger partial charge in [0.1, 0.15) is 5.75 Å². The number of nitriles is 1. The smallest absolute Gasteiger partial charge is 0.320 e.